The minimum Gasteiger partial charge on any atom is -0.469 e. The molecule has 0 bridgehead atoms. The van der Waals surface area contributed by atoms with E-state index in [-0.39, 0.29) is 24.7 Å². The van der Waals surface area contributed by atoms with Crippen LogP contribution in [0.25, 0.3) is 0 Å². The molecule has 0 radical (unpaired) electrons. The molecule has 0 saturated heterocycles. The second kappa shape index (κ2) is 11.9. The van der Waals surface area contributed by atoms with Gasteiger partial charge in [0.15, 0.2) is 0 Å². The molecule has 0 saturated carbocycles. The lowest BCUT2D eigenvalue weighted by Crippen LogP contribution is -2.48. The summed E-state index contributed by atoms with van der Waals surface area (Å²) in [7, 11) is 2.88. The normalized spacial score (nSPS) is 11.8. The largest absolute Gasteiger partial charge is 0.469 e. The zero-order chi connectivity index (χ0) is 24.4. The fourth-order valence-electron chi connectivity index (χ4n) is 3.04. The van der Waals surface area contributed by atoms with Gasteiger partial charge in [-0.05, 0) is 56.5 Å². The van der Waals surface area contributed by atoms with Crippen molar-refractivity contribution in [3.63, 3.8) is 0 Å². The van der Waals surface area contributed by atoms with Crippen molar-refractivity contribution < 1.29 is 28.6 Å². The number of likely N-dealkylation sites (N-methyl/N-ethyl adjacent to an activating group) is 1. The molecule has 0 aromatic heterocycles. The van der Waals surface area contributed by atoms with Crippen molar-refractivity contribution in [1.82, 2.24) is 10.6 Å². The molecule has 2 N–H and O–H groups in total. The third-order valence-corrected chi connectivity index (χ3v) is 4.64. The van der Waals surface area contributed by atoms with Gasteiger partial charge in [0.2, 0.25) is 5.91 Å². The lowest BCUT2D eigenvalue weighted by atomic mass is 10.1. The minimum absolute atomic E-state index is 0.265. The molecule has 2 amide bonds. The van der Waals surface area contributed by atoms with E-state index in [1.54, 1.807) is 32.9 Å². The fourth-order valence-corrected chi connectivity index (χ4v) is 3.04. The Bertz CT molecular complexity index is 950. The van der Waals surface area contributed by atoms with Crippen LogP contribution in [-0.2, 0) is 31.9 Å². The van der Waals surface area contributed by atoms with Crippen LogP contribution < -0.4 is 15.4 Å². The average molecular weight is 457 g/mol. The summed E-state index contributed by atoms with van der Waals surface area (Å²) in [5.74, 6) is 0.672. The van der Waals surface area contributed by atoms with Gasteiger partial charge in [0.25, 0.3) is 0 Å². The summed E-state index contributed by atoms with van der Waals surface area (Å²) in [6.45, 7) is 5.27. The lowest BCUT2D eigenvalue weighted by Gasteiger charge is -2.23. The van der Waals surface area contributed by atoms with Gasteiger partial charge in [0.05, 0.1) is 7.11 Å². The number of aryl methyl sites for hydroxylation is 1. The first-order chi connectivity index (χ1) is 15.6. The first-order valence-corrected chi connectivity index (χ1v) is 10.7. The van der Waals surface area contributed by atoms with Crippen LogP contribution in [0.3, 0.4) is 0 Å². The van der Waals surface area contributed by atoms with Crippen molar-refractivity contribution in [1.29, 1.82) is 0 Å². The molecule has 2 aromatic carbocycles. The smallest absolute Gasteiger partial charge is 0.408 e. The van der Waals surface area contributed by atoms with E-state index in [2.05, 4.69) is 10.6 Å². The van der Waals surface area contributed by atoms with Crippen molar-refractivity contribution >= 4 is 18.0 Å². The number of rotatable bonds is 9. The van der Waals surface area contributed by atoms with Gasteiger partial charge in [-0.15, -0.1) is 0 Å². The molecule has 0 heterocycles. The zero-order valence-corrected chi connectivity index (χ0v) is 19.8. The van der Waals surface area contributed by atoms with Crippen LogP contribution in [-0.4, -0.2) is 43.8 Å². The molecule has 0 fully saturated rings. The summed E-state index contributed by atoms with van der Waals surface area (Å²) in [5, 5.41) is 5.18. The number of hydrogen-bond donors (Lipinski definition) is 2. The van der Waals surface area contributed by atoms with E-state index in [0.29, 0.717) is 17.9 Å². The summed E-state index contributed by atoms with van der Waals surface area (Å²) < 4.78 is 16.0. The number of nitrogens with one attached hydrogen (secondary N) is 2. The average Bonchev–Trinajstić information content (AvgIpc) is 2.77. The molecule has 0 aliphatic heterocycles. The third kappa shape index (κ3) is 8.84. The van der Waals surface area contributed by atoms with Gasteiger partial charge in [-0.25, -0.2) is 4.79 Å². The molecule has 8 nitrogen and oxygen atoms in total. The maximum absolute atomic E-state index is 12.3. The molecule has 0 aliphatic rings. The molecule has 0 aliphatic carbocycles. The van der Waals surface area contributed by atoms with Crippen molar-refractivity contribution in [2.45, 2.75) is 51.7 Å². The summed E-state index contributed by atoms with van der Waals surface area (Å²) in [4.78, 5) is 35.8. The topological polar surface area (TPSA) is 103 Å². The van der Waals surface area contributed by atoms with Gasteiger partial charge in [0.1, 0.15) is 23.1 Å². The molecule has 0 spiro atoms. The Kier molecular flexibility index (Phi) is 9.27. The standard InChI is InChI=1S/C25H32N2O6/c1-25(2,3)33-24(30)27-20(23(29)26-4)16-17-10-13-19(14-11-17)32-21-9-7-6-8-18(21)12-15-22(28)31-5/h6-11,13-14,20H,12,15-16H2,1-5H3,(H,26,29)(H,27,30)/t20-/m0/s1. The first-order valence-electron chi connectivity index (χ1n) is 10.7. The van der Waals surface area contributed by atoms with Gasteiger partial charge in [0, 0.05) is 19.9 Å². The van der Waals surface area contributed by atoms with Crippen LogP contribution in [0.1, 0.15) is 38.3 Å². The van der Waals surface area contributed by atoms with Crippen LogP contribution in [0.15, 0.2) is 48.5 Å². The van der Waals surface area contributed by atoms with E-state index >= 15 is 0 Å². The summed E-state index contributed by atoms with van der Waals surface area (Å²) in [5.41, 5.74) is 1.07. The fraction of sp³-hybridized carbons (Fsp3) is 0.400. The van der Waals surface area contributed by atoms with Crippen LogP contribution in [0, 0.1) is 0 Å². The molecular weight excluding hydrogens is 424 g/mol. The SMILES string of the molecule is CNC(=O)[C@H](Cc1ccc(Oc2ccccc2CCC(=O)OC)cc1)NC(=O)OC(C)(C)C. The minimum atomic E-state index is -0.782. The Morgan fingerprint density at radius 3 is 2.27 bits per heavy atom. The van der Waals surface area contributed by atoms with E-state index in [9.17, 15) is 14.4 Å². The first kappa shape index (κ1) is 25.7. The van der Waals surface area contributed by atoms with Crippen molar-refractivity contribution in [2.75, 3.05) is 14.2 Å². The van der Waals surface area contributed by atoms with Crippen LogP contribution in [0.2, 0.25) is 0 Å². The number of benzene rings is 2. The Morgan fingerprint density at radius 2 is 1.67 bits per heavy atom. The van der Waals surface area contributed by atoms with Gasteiger partial charge >= 0.3 is 12.1 Å². The van der Waals surface area contributed by atoms with Gasteiger partial charge in [-0.1, -0.05) is 30.3 Å². The number of hydrogen-bond acceptors (Lipinski definition) is 6. The molecular formula is C25H32N2O6. The maximum Gasteiger partial charge on any atom is 0.408 e. The third-order valence-electron chi connectivity index (χ3n) is 4.64. The number of esters is 1. The molecule has 33 heavy (non-hydrogen) atoms. The summed E-state index contributed by atoms with van der Waals surface area (Å²) in [6, 6.07) is 14.0. The zero-order valence-electron chi connectivity index (χ0n) is 19.8. The van der Waals surface area contributed by atoms with Crippen LogP contribution in [0.5, 0.6) is 11.5 Å². The lowest BCUT2D eigenvalue weighted by molar-refractivity contribution is -0.140. The van der Waals surface area contributed by atoms with E-state index < -0.39 is 17.7 Å². The second-order valence-corrected chi connectivity index (χ2v) is 8.45. The van der Waals surface area contributed by atoms with E-state index in [1.165, 1.54) is 14.2 Å². The molecule has 8 heteroatoms. The number of para-hydroxylation sites is 1. The maximum atomic E-state index is 12.3. The summed E-state index contributed by atoms with van der Waals surface area (Å²) >= 11 is 0. The predicted octanol–water partition coefficient (Wildman–Crippen LogP) is 3.77. The van der Waals surface area contributed by atoms with Crippen molar-refractivity contribution in [3.8, 4) is 11.5 Å². The van der Waals surface area contributed by atoms with Crippen molar-refractivity contribution in [2.24, 2.45) is 0 Å². The number of alkyl carbamates (subject to hydrolysis) is 1. The monoisotopic (exact) mass is 456 g/mol. The highest BCUT2D eigenvalue weighted by molar-refractivity contribution is 5.85. The van der Waals surface area contributed by atoms with Gasteiger partial charge < -0.3 is 24.8 Å². The molecule has 0 unspecified atom stereocenters. The highest BCUT2D eigenvalue weighted by atomic mass is 16.6. The van der Waals surface area contributed by atoms with E-state index in [0.717, 1.165) is 11.1 Å². The number of methoxy groups -OCH3 is 1. The molecule has 2 rings (SSSR count). The van der Waals surface area contributed by atoms with Gasteiger partial charge in [-0.3, -0.25) is 9.59 Å². The van der Waals surface area contributed by atoms with E-state index in [1.807, 2.05) is 36.4 Å². The summed E-state index contributed by atoms with van der Waals surface area (Å²) in [6.07, 6.45) is 0.404. The van der Waals surface area contributed by atoms with Gasteiger partial charge in [-0.2, -0.15) is 0 Å². The predicted molar refractivity (Wildman–Crippen MR) is 124 cm³/mol. The highest BCUT2D eigenvalue weighted by Gasteiger charge is 2.24. The Hall–Kier alpha value is -3.55. The Morgan fingerprint density at radius 1 is 1.00 bits per heavy atom. The second-order valence-electron chi connectivity index (χ2n) is 8.45. The van der Waals surface area contributed by atoms with Crippen molar-refractivity contribution in [3.05, 3.63) is 59.7 Å². The molecule has 1 atom stereocenters. The molecule has 2 aromatic rings. The van der Waals surface area contributed by atoms with E-state index in [4.69, 9.17) is 14.2 Å². The molecule has 178 valence electrons. The Balaban J connectivity index is 2.06. The Labute approximate surface area is 194 Å². The number of carbonyl (C=O) groups excluding carboxylic acids is 3. The number of carbonyl (C=O) groups is 3. The highest BCUT2D eigenvalue weighted by Crippen LogP contribution is 2.26. The van der Waals surface area contributed by atoms with Crippen LogP contribution >= 0.6 is 0 Å². The quantitative estimate of drug-likeness (QED) is 0.557. The van der Waals surface area contributed by atoms with Crippen LogP contribution in [0.4, 0.5) is 4.79 Å². The number of ether oxygens (including phenoxy) is 3. The number of amides is 2.